The van der Waals surface area contributed by atoms with Crippen LogP contribution in [0.15, 0.2) is 24.3 Å². The lowest BCUT2D eigenvalue weighted by atomic mass is 9.84. The maximum absolute atomic E-state index is 12.2. The van der Waals surface area contributed by atoms with Crippen molar-refractivity contribution in [3.63, 3.8) is 0 Å². The molecule has 0 spiro atoms. The number of rotatable bonds is 5. The molecule has 2 saturated carbocycles. The molecule has 6 nitrogen and oxygen atoms in total. The van der Waals surface area contributed by atoms with Gasteiger partial charge in [0.25, 0.3) is 5.91 Å². The van der Waals surface area contributed by atoms with E-state index in [0.29, 0.717) is 23.1 Å². The summed E-state index contributed by atoms with van der Waals surface area (Å²) in [5.74, 6) is 0.464. The number of benzene rings is 1. The maximum atomic E-state index is 12.2. The van der Waals surface area contributed by atoms with Crippen LogP contribution in [0.5, 0.6) is 5.75 Å². The first-order chi connectivity index (χ1) is 11.6. The van der Waals surface area contributed by atoms with Gasteiger partial charge in [0.05, 0.1) is 24.7 Å². The van der Waals surface area contributed by atoms with Gasteiger partial charge in [0.1, 0.15) is 5.75 Å². The highest BCUT2D eigenvalue weighted by Gasteiger charge is 2.51. The minimum absolute atomic E-state index is 0.117. The average Bonchev–Trinajstić information content (AvgIpc) is 3.21. The molecule has 0 radical (unpaired) electrons. The summed E-state index contributed by atoms with van der Waals surface area (Å²) in [7, 11) is 1.39. The first-order valence-electron chi connectivity index (χ1n) is 8.12. The summed E-state index contributed by atoms with van der Waals surface area (Å²) in [4.78, 5) is 24.2. The third-order valence-corrected chi connectivity index (χ3v) is 5.07. The first kappa shape index (κ1) is 16.3. The van der Waals surface area contributed by atoms with Crippen LogP contribution in [0.3, 0.4) is 0 Å². The molecule has 0 heterocycles. The largest absolute Gasteiger partial charge is 0.484 e. The number of nitrogens with zero attached hydrogens (tertiary/aromatic N) is 1. The van der Waals surface area contributed by atoms with Crippen LogP contribution in [0, 0.1) is 29.1 Å². The molecule has 126 valence electrons. The molecule has 1 aromatic carbocycles. The van der Waals surface area contributed by atoms with E-state index in [-0.39, 0.29) is 30.4 Å². The monoisotopic (exact) mass is 328 g/mol. The number of ether oxygens (including phenoxy) is 2. The summed E-state index contributed by atoms with van der Waals surface area (Å²) in [6, 6.07) is 8.44. The Morgan fingerprint density at radius 2 is 1.96 bits per heavy atom. The fraction of sp³-hybridized carbons (Fsp3) is 0.500. The van der Waals surface area contributed by atoms with Crippen molar-refractivity contribution >= 4 is 11.9 Å². The Morgan fingerprint density at radius 1 is 1.25 bits per heavy atom. The average molecular weight is 328 g/mol. The molecular weight excluding hydrogens is 308 g/mol. The molecule has 1 amide bonds. The van der Waals surface area contributed by atoms with Gasteiger partial charge in [-0.2, -0.15) is 5.26 Å². The second-order valence-electron chi connectivity index (χ2n) is 6.40. The van der Waals surface area contributed by atoms with E-state index in [1.807, 2.05) is 6.07 Å². The lowest BCUT2D eigenvalue weighted by Gasteiger charge is -2.29. The van der Waals surface area contributed by atoms with Crippen molar-refractivity contribution in [3.8, 4) is 11.8 Å². The van der Waals surface area contributed by atoms with Crippen molar-refractivity contribution in [2.45, 2.75) is 25.3 Å². The fourth-order valence-electron chi connectivity index (χ4n) is 3.98. The third kappa shape index (κ3) is 3.21. The zero-order valence-electron chi connectivity index (χ0n) is 13.5. The van der Waals surface area contributed by atoms with E-state index >= 15 is 0 Å². The maximum Gasteiger partial charge on any atom is 0.311 e. The van der Waals surface area contributed by atoms with Crippen molar-refractivity contribution < 1.29 is 19.1 Å². The van der Waals surface area contributed by atoms with Crippen molar-refractivity contribution in [2.24, 2.45) is 17.8 Å². The Balaban J connectivity index is 1.56. The molecule has 0 aliphatic heterocycles. The predicted octanol–water partition coefficient (Wildman–Crippen LogP) is 1.64. The molecule has 2 aliphatic rings. The quantitative estimate of drug-likeness (QED) is 0.830. The minimum Gasteiger partial charge on any atom is -0.484 e. The van der Waals surface area contributed by atoms with E-state index in [2.05, 4.69) is 5.32 Å². The van der Waals surface area contributed by atoms with Crippen molar-refractivity contribution in [3.05, 3.63) is 29.8 Å². The van der Waals surface area contributed by atoms with E-state index in [1.165, 1.54) is 7.11 Å². The van der Waals surface area contributed by atoms with Crippen LogP contribution >= 0.6 is 0 Å². The van der Waals surface area contributed by atoms with Crippen LogP contribution in [0.25, 0.3) is 0 Å². The number of fused-ring (bicyclic) bond motifs is 2. The summed E-state index contributed by atoms with van der Waals surface area (Å²) in [6.45, 7) is -0.117. The Bertz CT molecular complexity index is 665. The Kier molecular flexibility index (Phi) is 4.70. The molecule has 4 atom stereocenters. The van der Waals surface area contributed by atoms with Gasteiger partial charge < -0.3 is 14.8 Å². The standard InChI is InChI=1S/C18H20N2O4/c1-23-18(22)16-12-4-5-13(8-12)17(16)20-15(21)10-24-14-6-2-11(9-19)3-7-14/h2-3,6-7,12-13,16-17H,4-5,8,10H2,1H3,(H,20,21)/t12-,13-,16-,17-/m0/s1. The zero-order valence-corrected chi connectivity index (χ0v) is 13.5. The van der Waals surface area contributed by atoms with Crippen LogP contribution in [0.1, 0.15) is 24.8 Å². The summed E-state index contributed by atoms with van der Waals surface area (Å²) in [5, 5.41) is 11.7. The molecule has 0 saturated heterocycles. The number of hydrogen-bond acceptors (Lipinski definition) is 5. The van der Waals surface area contributed by atoms with Crippen molar-refractivity contribution in [1.29, 1.82) is 5.26 Å². The molecule has 3 rings (SSSR count). The van der Waals surface area contributed by atoms with Gasteiger partial charge in [0.15, 0.2) is 6.61 Å². The van der Waals surface area contributed by atoms with Gasteiger partial charge in [-0.3, -0.25) is 9.59 Å². The lowest BCUT2D eigenvalue weighted by Crippen LogP contribution is -2.48. The number of esters is 1. The molecule has 24 heavy (non-hydrogen) atoms. The van der Waals surface area contributed by atoms with Gasteiger partial charge in [-0.15, -0.1) is 0 Å². The van der Waals surface area contributed by atoms with Gasteiger partial charge in [-0.05, 0) is 55.4 Å². The molecule has 0 unspecified atom stereocenters. The topological polar surface area (TPSA) is 88.4 Å². The van der Waals surface area contributed by atoms with Crippen LogP contribution < -0.4 is 10.1 Å². The molecule has 1 aromatic rings. The smallest absolute Gasteiger partial charge is 0.311 e. The highest BCUT2D eigenvalue weighted by molar-refractivity contribution is 5.80. The molecular formula is C18H20N2O4. The molecule has 0 aromatic heterocycles. The van der Waals surface area contributed by atoms with Crippen molar-refractivity contribution in [2.75, 3.05) is 13.7 Å². The minimum atomic E-state index is -0.245. The SMILES string of the molecule is COC(=O)[C@H]1[C@H]2CC[C@@H](C2)[C@@H]1NC(=O)COc1ccc(C#N)cc1. The normalized spacial score (nSPS) is 27.3. The van der Waals surface area contributed by atoms with Gasteiger partial charge in [-0.1, -0.05) is 0 Å². The van der Waals surface area contributed by atoms with E-state index in [1.54, 1.807) is 24.3 Å². The highest BCUT2D eigenvalue weighted by atomic mass is 16.5. The second kappa shape index (κ2) is 6.91. The van der Waals surface area contributed by atoms with Gasteiger partial charge in [-0.25, -0.2) is 0 Å². The number of hydrogen-bond donors (Lipinski definition) is 1. The third-order valence-electron chi connectivity index (χ3n) is 5.07. The number of carbonyl (C=O) groups is 2. The van der Waals surface area contributed by atoms with Gasteiger partial charge in [0.2, 0.25) is 0 Å². The summed E-state index contributed by atoms with van der Waals surface area (Å²) in [5.41, 5.74) is 0.537. The van der Waals surface area contributed by atoms with E-state index < -0.39 is 0 Å². The number of carbonyl (C=O) groups excluding carboxylic acids is 2. The highest BCUT2D eigenvalue weighted by Crippen LogP contribution is 2.48. The molecule has 6 heteroatoms. The van der Waals surface area contributed by atoms with E-state index in [4.69, 9.17) is 14.7 Å². The fourth-order valence-corrected chi connectivity index (χ4v) is 3.98. The van der Waals surface area contributed by atoms with Gasteiger partial charge in [0, 0.05) is 6.04 Å². The lowest BCUT2D eigenvalue weighted by molar-refractivity contribution is -0.148. The summed E-state index contributed by atoms with van der Waals surface area (Å²) >= 11 is 0. The zero-order chi connectivity index (χ0) is 17.1. The summed E-state index contributed by atoms with van der Waals surface area (Å²) < 4.78 is 10.3. The Hall–Kier alpha value is -2.55. The summed E-state index contributed by atoms with van der Waals surface area (Å²) in [6.07, 6.45) is 3.04. The first-order valence-corrected chi connectivity index (χ1v) is 8.12. The second-order valence-corrected chi connectivity index (χ2v) is 6.40. The van der Waals surface area contributed by atoms with Crippen LogP contribution in [0.4, 0.5) is 0 Å². The number of nitriles is 1. The van der Waals surface area contributed by atoms with E-state index in [0.717, 1.165) is 19.3 Å². The Morgan fingerprint density at radius 3 is 2.62 bits per heavy atom. The molecule has 1 N–H and O–H groups in total. The van der Waals surface area contributed by atoms with Crippen LogP contribution in [0.2, 0.25) is 0 Å². The molecule has 2 bridgehead atoms. The number of amides is 1. The molecule has 2 fully saturated rings. The number of methoxy groups -OCH3 is 1. The Labute approximate surface area is 140 Å². The van der Waals surface area contributed by atoms with Crippen molar-refractivity contribution in [1.82, 2.24) is 5.32 Å². The van der Waals surface area contributed by atoms with Crippen LogP contribution in [-0.4, -0.2) is 31.6 Å². The van der Waals surface area contributed by atoms with Crippen LogP contribution in [-0.2, 0) is 14.3 Å². The van der Waals surface area contributed by atoms with E-state index in [9.17, 15) is 9.59 Å². The predicted molar refractivity (Wildman–Crippen MR) is 84.9 cm³/mol. The number of nitrogens with one attached hydrogen (secondary N) is 1. The molecule has 2 aliphatic carbocycles. The van der Waals surface area contributed by atoms with Gasteiger partial charge >= 0.3 is 5.97 Å².